The van der Waals surface area contributed by atoms with E-state index in [0.717, 1.165) is 36.9 Å². The summed E-state index contributed by atoms with van der Waals surface area (Å²) >= 11 is 1.45. The number of nitrogens with zero attached hydrogens (tertiary/aromatic N) is 2. The first-order chi connectivity index (χ1) is 7.22. The molecule has 0 saturated carbocycles. The van der Waals surface area contributed by atoms with Gasteiger partial charge >= 0.3 is 0 Å². The van der Waals surface area contributed by atoms with Gasteiger partial charge in [0.05, 0.1) is 0 Å². The van der Waals surface area contributed by atoms with Crippen molar-refractivity contribution in [1.82, 2.24) is 14.7 Å². The van der Waals surface area contributed by atoms with E-state index in [9.17, 15) is 0 Å². The SMILES string of the molecule is CCCc1nsc(NCCNC(C)C)n1. The molecule has 0 aliphatic rings. The first kappa shape index (κ1) is 12.4. The molecule has 0 amide bonds. The van der Waals surface area contributed by atoms with Gasteiger partial charge in [0, 0.05) is 37.1 Å². The van der Waals surface area contributed by atoms with Crippen LogP contribution in [-0.4, -0.2) is 28.5 Å². The van der Waals surface area contributed by atoms with Crippen molar-refractivity contribution < 1.29 is 0 Å². The van der Waals surface area contributed by atoms with Crippen molar-refractivity contribution in [1.29, 1.82) is 0 Å². The second-order valence-electron chi connectivity index (χ2n) is 3.80. The zero-order chi connectivity index (χ0) is 11.1. The van der Waals surface area contributed by atoms with Crippen molar-refractivity contribution in [3.63, 3.8) is 0 Å². The first-order valence-electron chi connectivity index (χ1n) is 5.52. The fourth-order valence-electron chi connectivity index (χ4n) is 1.18. The molecule has 0 aliphatic carbocycles. The van der Waals surface area contributed by atoms with E-state index in [-0.39, 0.29) is 0 Å². The molecule has 0 atom stereocenters. The molecule has 1 aromatic rings. The molecular weight excluding hydrogens is 208 g/mol. The molecular formula is C10H20N4S. The van der Waals surface area contributed by atoms with E-state index in [1.807, 2.05) is 0 Å². The molecule has 4 nitrogen and oxygen atoms in total. The van der Waals surface area contributed by atoms with Crippen LogP contribution in [0.5, 0.6) is 0 Å². The molecule has 1 aromatic heterocycles. The van der Waals surface area contributed by atoms with Crippen molar-refractivity contribution in [2.24, 2.45) is 0 Å². The molecule has 0 saturated heterocycles. The Labute approximate surface area is 95.7 Å². The number of rotatable bonds is 7. The number of aryl methyl sites for hydroxylation is 1. The summed E-state index contributed by atoms with van der Waals surface area (Å²) in [6.07, 6.45) is 2.08. The lowest BCUT2D eigenvalue weighted by molar-refractivity contribution is 0.602. The lowest BCUT2D eigenvalue weighted by Gasteiger charge is -2.07. The molecule has 5 heteroatoms. The summed E-state index contributed by atoms with van der Waals surface area (Å²) in [6.45, 7) is 8.29. The van der Waals surface area contributed by atoms with Gasteiger partial charge < -0.3 is 10.6 Å². The summed E-state index contributed by atoms with van der Waals surface area (Å²) < 4.78 is 4.27. The Morgan fingerprint density at radius 1 is 1.33 bits per heavy atom. The van der Waals surface area contributed by atoms with E-state index in [2.05, 4.69) is 40.8 Å². The van der Waals surface area contributed by atoms with Gasteiger partial charge in [-0.25, -0.2) is 4.98 Å². The molecule has 0 bridgehead atoms. The summed E-state index contributed by atoms with van der Waals surface area (Å²) in [5.74, 6) is 0.960. The Balaban J connectivity index is 2.19. The minimum atomic E-state index is 0.539. The molecule has 15 heavy (non-hydrogen) atoms. The van der Waals surface area contributed by atoms with Crippen LogP contribution in [-0.2, 0) is 6.42 Å². The topological polar surface area (TPSA) is 49.8 Å². The standard InChI is InChI=1S/C10H20N4S/c1-4-5-9-13-10(15-14-9)12-7-6-11-8(2)3/h8,11H,4-7H2,1-3H3,(H,12,13,14). The van der Waals surface area contributed by atoms with Crippen LogP contribution < -0.4 is 10.6 Å². The molecule has 86 valence electrons. The van der Waals surface area contributed by atoms with E-state index >= 15 is 0 Å². The molecule has 0 spiro atoms. The lowest BCUT2D eigenvalue weighted by Crippen LogP contribution is -2.28. The summed E-state index contributed by atoms with van der Waals surface area (Å²) in [6, 6.07) is 0.539. The maximum Gasteiger partial charge on any atom is 0.202 e. The minimum absolute atomic E-state index is 0.539. The van der Waals surface area contributed by atoms with Crippen LogP contribution in [0.15, 0.2) is 0 Å². The molecule has 0 aliphatic heterocycles. The van der Waals surface area contributed by atoms with Crippen LogP contribution in [0, 0.1) is 0 Å². The maximum absolute atomic E-state index is 4.39. The van der Waals surface area contributed by atoms with Gasteiger partial charge in [-0.2, -0.15) is 4.37 Å². The third-order valence-corrected chi connectivity index (χ3v) is 2.61. The van der Waals surface area contributed by atoms with E-state index in [0.29, 0.717) is 6.04 Å². The normalized spacial score (nSPS) is 10.9. The zero-order valence-corrected chi connectivity index (χ0v) is 10.5. The molecule has 0 aromatic carbocycles. The van der Waals surface area contributed by atoms with Gasteiger partial charge in [0.25, 0.3) is 0 Å². The molecule has 0 radical (unpaired) electrons. The number of nitrogens with one attached hydrogen (secondary N) is 2. The highest BCUT2D eigenvalue weighted by Crippen LogP contribution is 2.11. The largest absolute Gasteiger partial charge is 0.359 e. The summed E-state index contributed by atoms with van der Waals surface area (Å²) in [4.78, 5) is 4.39. The fourth-order valence-corrected chi connectivity index (χ4v) is 1.82. The lowest BCUT2D eigenvalue weighted by atomic mass is 10.3. The predicted molar refractivity (Wildman–Crippen MR) is 65.5 cm³/mol. The van der Waals surface area contributed by atoms with Crippen LogP contribution in [0.4, 0.5) is 5.13 Å². The number of hydrogen-bond acceptors (Lipinski definition) is 5. The average Bonchev–Trinajstić information content (AvgIpc) is 2.61. The van der Waals surface area contributed by atoms with Crippen molar-refractivity contribution in [3.05, 3.63) is 5.82 Å². The molecule has 1 heterocycles. The van der Waals surface area contributed by atoms with E-state index < -0.39 is 0 Å². The molecule has 0 unspecified atom stereocenters. The summed E-state index contributed by atoms with van der Waals surface area (Å²) in [7, 11) is 0. The van der Waals surface area contributed by atoms with E-state index in [1.54, 1.807) is 0 Å². The second kappa shape index (κ2) is 6.74. The zero-order valence-electron chi connectivity index (χ0n) is 9.71. The van der Waals surface area contributed by atoms with Crippen LogP contribution in [0.3, 0.4) is 0 Å². The summed E-state index contributed by atoms with van der Waals surface area (Å²) in [5, 5.41) is 7.54. The first-order valence-corrected chi connectivity index (χ1v) is 6.29. The van der Waals surface area contributed by atoms with Crippen LogP contribution in [0.2, 0.25) is 0 Å². The number of aromatic nitrogens is 2. The van der Waals surface area contributed by atoms with E-state index in [4.69, 9.17) is 0 Å². The Hall–Kier alpha value is -0.680. The molecule has 0 fully saturated rings. The Morgan fingerprint density at radius 3 is 2.80 bits per heavy atom. The average molecular weight is 228 g/mol. The third-order valence-electron chi connectivity index (χ3n) is 1.90. The van der Waals surface area contributed by atoms with Crippen molar-refractivity contribution in [2.45, 2.75) is 39.7 Å². The minimum Gasteiger partial charge on any atom is -0.359 e. The maximum atomic E-state index is 4.39. The highest BCUT2D eigenvalue weighted by molar-refractivity contribution is 7.09. The third kappa shape index (κ3) is 5.09. The number of hydrogen-bond donors (Lipinski definition) is 2. The fraction of sp³-hybridized carbons (Fsp3) is 0.800. The van der Waals surface area contributed by atoms with Crippen LogP contribution >= 0.6 is 11.5 Å². The van der Waals surface area contributed by atoms with Gasteiger partial charge in [0.15, 0.2) is 0 Å². The van der Waals surface area contributed by atoms with Crippen LogP contribution in [0.1, 0.15) is 33.0 Å². The van der Waals surface area contributed by atoms with Gasteiger partial charge in [0.2, 0.25) is 5.13 Å². The highest BCUT2D eigenvalue weighted by atomic mass is 32.1. The smallest absolute Gasteiger partial charge is 0.202 e. The Kier molecular flexibility index (Phi) is 5.57. The van der Waals surface area contributed by atoms with Gasteiger partial charge in [-0.1, -0.05) is 20.8 Å². The predicted octanol–water partition coefficient (Wildman–Crippen LogP) is 1.90. The highest BCUT2D eigenvalue weighted by Gasteiger charge is 2.01. The molecule has 1 rings (SSSR count). The quantitative estimate of drug-likeness (QED) is 0.700. The number of anilines is 1. The van der Waals surface area contributed by atoms with Crippen molar-refractivity contribution in [3.8, 4) is 0 Å². The van der Waals surface area contributed by atoms with E-state index in [1.165, 1.54) is 11.5 Å². The monoisotopic (exact) mass is 228 g/mol. The Morgan fingerprint density at radius 2 is 2.13 bits per heavy atom. The van der Waals surface area contributed by atoms with Gasteiger partial charge in [-0.3, -0.25) is 0 Å². The Bertz CT molecular complexity index is 272. The molecule has 2 N–H and O–H groups in total. The van der Waals surface area contributed by atoms with Crippen molar-refractivity contribution in [2.75, 3.05) is 18.4 Å². The van der Waals surface area contributed by atoms with Gasteiger partial charge in [-0.05, 0) is 6.42 Å². The summed E-state index contributed by atoms with van der Waals surface area (Å²) in [5.41, 5.74) is 0. The van der Waals surface area contributed by atoms with Gasteiger partial charge in [-0.15, -0.1) is 0 Å². The van der Waals surface area contributed by atoms with Crippen LogP contribution in [0.25, 0.3) is 0 Å². The van der Waals surface area contributed by atoms with Crippen molar-refractivity contribution >= 4 is 16.7 Å². The second-order valence-corrected chi connectivity index (χ2v) is 4.55. The van der Waals surface area contributed by atoms with Gasteiger partial charge in [0.1, 0.15) is 5.82 Å².